The summed E-state index contributed by atoms with van der Waals surface area (Å²) in [5.41, 5.74) is -0.731. The molecule has 0 bridgehead atoms. The number of hydrogen-bond acceptors (Lipinski definition) is 6. The number of imidazole rings is 1. The van der Waals surface area contributed by atoms with Gasteiger partial charge in [0.15, 0.2) is 5.65 Å². The molecule has 12 heteroatoms. The van der Waals surface area contributed by atoms with Gasteiger partial charge < -0.3 is 20.4 Å². The molecular formula is C17H15ClF4N6O. The number of fused-ring (bicyclic) bond motifs is 1. The second-order valence-corrected chi connectivity index (χ2v) is 6.89. The third-order valence-corrected chi connectivity index (χ3v) is 4.70. The molecule has 0 unspecified atom stereocenters. The van der Waals surface area contributed by atoms with E-state index in [1.165, 1.54) is 6.20 Å². The van der Waals surface area contributed by atoms with Gasteiger partial charge in [-0.3, -0.25) is 0 Å². The molecule has 1 saturated heterocycles. The number of anilines is 3. The van der Waals surface area contributed by atoms with Crippen LogP contribution in [0, 0.1) is 5.82 Å². The van der Waals surface area contributed by atoms with Crippen molar-refractivity contribution in [2.24, 2.45) is 0 Å². The van der Waals surface area contributed by atoms with E-state index in [-0.39, 0.29) is 17.7 Å². The lowest BCUT2D eigenvalue weighted by atomic mass is 10.1. The van der Waals surface area contributed by atoms with E-state index in [2.05, 4.69) is 30.6 Å². The summed E-state index contributed by atoms with van der Waals surface area (Å²) in [6.07, 6.45) is -1.53. The Balaban J connectivity index is 1.55. The van der Waals surface area contributed by atoms with E-state index in [1.807, 2.05) is 0 Å². The Labute approximate surface area is 166 Å². The van der Waals surface area contributed by atoms with Crippen molar-refractivity contribution in [3.8, 4) is 0 Å². The van der Waals surface area contributed by atoms with Crippen molar-refractivity contribution >= 4 is 40.3 Å². The minimum absolute atomic E-state index is 0.0677. The number of rotatable bonds is 4. The average Bonchev–Trinajstić information content (AvgIpc) is 3.06. The van der Waals surface area contributed by atoms with E-state index in [1.54, 1.807) is 0 Å². The monoisotopic (exact) mass is 430 g/mol. The van der Waals surface area contributed by atoms with Crippen molar-refractivity contribution in [1.82, 2.24) is 19.9 Å². The molecule has 154 valence electrons. The second-order valence-electron chi connectivity index (χ2n) is 6.48. The van der Waals surface area contributed by atoms with E-state index in [0.717, 1.165) is 12.8 Å². The van der Waals surface area contributed by atoms with Crippen LogP contribution in [0.2, 0.25) is 5.02 Å². The van der Waals surface area contributed by atoms with Crippen molar-refractivity contribution in [3.63, 3.8) is 0 Å². The third kappa shape index (κ3) is 4.35. The van der Waals surface area contributed by atoms with E-state index in [0.29, 0.717) is 42.5 Å². The number of aromatic nitrogens is 4. The molecule has 1 fully saturated rings. The number of alkyl halides is 3. The molecule has 0 amide bonds. The van der Waals surface area contributed by atoms with Gasteiger partial charge in [0.25, 0.3) is 0 Å². The number of halogens is 5. The molecule has 2 aromatic heterocycles. The zero-order valence-corrected chi connectivity index (χ0v) is 15.5. The zero-order valence-electron chi connectivity index (χ0n) is 14.8. The van der Waals surface area contributed by atoms with Gasteiger partial charge in [0, 0.05) is 19.3 Å². The molecule has 0 atom stereocenters. The Morgan fingerprint density at radius 3 is 2.62 bits per heavy atom. The summed E-state index contributed by atoms with van der Waals surface area (Å²) in [7, 11) is 0. The van der Waals surface area contributed by atoms with Crippen molar-refractivity contribution < 1.29 is 22.3 Å². The summed E-state index contributed by atoms with van der Waals surface area (Å²) < 4.78 is 57.8. The first-order chi connectivity index (χ1) is 13.8. The van der Waals surface area contributed by atoms with E-state index in [4.69, 9.17) is 16.3 Å². The quantitative estimate of drug-likeness (QED) is 0.528. The number of nitrogens with one attached hydrogen (secondary N) is 3. The topological polar surface area (TPSA) is 87.8 Å². The van der Waals surface area contributed by atoms with Gasteiger partial charge in [0.2, 0.25) is 11.9 Å². The molecule has 0 saturated carbocycles. The highest BCUT2D eigenvalue weighted by Gasteiger charge is 2.32. The summed E-state index contributed by atoms with van der Waals surface area (Å²) in [4.78, 5) is 15.5. The van der Waals surface area contributed by atoms with E-state index in [9.17, 15) is 17.6 Å². The van der Waals surface area contributed by atoms with Crippen molar-refractivity contribution in [2.45, 2.75) is 25.1 Å². The highest BCUT2D eigenvalue weighted by Crippen LogP contribution is 2.36. The Bertz CT molecular complexity index is 1010. The van der Waals surface area contributed by atoms with Crippen LogP contribution in [0.4, 0.5) is 35.1 Å². The first kappa shape index (κ1) is 19.6. The Kier molecular flexibility index (Phi) is 5.17. The number of benzene rings is 1. The molecule has 3 aromatic rings. The second kappa shape index (κ2) is 7.64. The molecule has 3 heterocycles. The molecule has 0 spiro atoms. The maximum Gasteiger partial charge on any atom is 0.416 e. The Morgan fingerprint density at radius 2 is 1.93 bits per heavy atom. The average molecular weight is 431 g/mol. The summed E-state index contributed by atoms with van der Waals surface area (Å²) in [5.74, 6) is -0.697. The maximum absolute atomic E-state index is 14.2. The van der Waals surface area contributed by atoms with Crippen LogP contribution in [0.5, 0.6) is 0 Å². The van der Waals surface area contributed by atoms with Crippen LogP contribution in [0.1, 0.15) is 18.4 Å². The predicted molar refractivity (Wildman–Crippen MR) is 98.8 cm³/mol. The van der Waals surface area contributed by atoms with Gasteiger partial charge >= 0.3 is 6.18 Å². The first-order valence-electron chi connectivity index (χ1n) is 8.70. The standard InChI is InChI=1S/C17H15ClF4N6O/c18-10-5-8(17(20,21)22)6-11(19)13(10)26-16-25-12-7-23-15(27-14(12)28-16)24-9-1-3-29-4-2-9/h5-7,9H,1-4H2,(H3,23,24,25,26,27,28). The van der Waals surface area contributed by atoms with Crippen LogP contribution in [0.15, 0.2) is 18.3 Å². The van der Waals surface area contributed by atoms with Crippen LogP contribution in [-0.2, 0) is 10.9 Å². The van der Waals surface area contributed by atoms with Crippen molar-refractivity contribution in [1.29, 1.82) is 0 Å². The minimum Gasteiger partial charge on any atom is -0.381 e. The zero-order chi connectivity index (χ0) is 20.6. The summed E-state index contributed by atoms with van der Waals surface area (Å²) in [6.45, 7) is 1.33. The summed E-state index contributed by atoms with van der Waals surface area (Å²) >= 11 is 5.83. The third-order valence-electron chi connectivity index (χ3n) is 4.41. The highest BCUT2D eigenvalue weighted by molar-refractivity contribution is 6.33. The fraction of sp³-hybridized carbons (Fsp3) is 0.353. The van der Waals surface area contributed by atoms with Crippen molar-refractivity contribution in [2.75, 3.05) is 23.8 Å². The molecule has 1 aliphatic heterocycles. The Hall–Kier alpha value is -2.66. The SMILES string of the molecule is Fc1cc(C(F)(F)F)cc(Cl)c1Nc1nc2nc(NC3CCOCC3)ncc2[nH]1. The van der Waals surface area contributed by atoms with Gasteiger partial charge in [-0.1, -0.05) is 11.6 Å². The smallest absolute Gasteiger partial charge is 0.381 e. The maximum atomic E-state index is 14.2. The fourth-order valence-electron chi connectivity index (χ4n) is 2.94. The van der Waals surface area contributed by atoms with Crippen LogP contribution in [-0.4, -0.2) is 39.2 Å². The normalized spacial score (nSPS) is 15.6. The van der Waals surface area contributed by atoms with Gasteiger partial charge in [-0.15, -0.1) is 0 Å². The van der Waals surface area contributed by atoms with E-state index >= 15 is 0 Å². The predicted octanol–water partition coefficient (Wildman–Crippen LogP) is 4.50. The number of nitrogens with zero attached hydrogens (tertiary/aromatic N) is 3. The van der Waals surface area contributed by atoms with Gasteiger partial charge in [-0.2, -0.15) is 23.1 Å². The first-order valence-corrected chi connectivity index (χ1v) is 9.08. The number of ether oxygens (including phenoxy) is 1. The number of hydrogen-bond donors (Lipinski definition) is 3. The van der Waals surface area contributed by atoms with E-state index < -0.39 is 22.6 Å². The van der Waals surface area contributed by atoms with Crippen LogP contribution >= 0.6 is 11.6 Å². The molecule has 29 heavy (non-hydrogen) atoms. The molecule has 0 radical (unpaired) electrons. The fourth-order valence-corrected chi connectivity index (χ4v) is 3.19. The molecule has 4 rings (SSSR count). The molecule has 0 aliphatic carbocycles. The molecular weight excluding hydrogens is 416 g/mol. The molecule has 1 aliphatic rings. The highest BCUT2D eigenvalue weighted by atomic mass is 35.5. The van der Waals surface area contributed by atoms with Gasteiger partial charge in [0.1, 0.15) is 11.3 Å². The van der Waals surface area contributed by atoms with Crippen LogP contribution < -0.4 is 10.6 Å². The minimum atomic E-state index is -4.70. The Morgan fingerprint density at radius 1 is 1.17 bits per heavy atom. The summed E-state index contributed by atoms with van der Waals surface area (Å²) in [5, 5.41) is 5.34. The lowest BCUT2D eigenvalue weighted by Crippen LogP contribution is -2.28. The number of aromatic amines is 1. The molecule has 3 N–H and O–H groups in total. The molecule has 7 nitrogen and oxygen atoms in total. The largest absolute Gasteiger partial charge is 0.416 e. The number of H-pyrrole nitrogens is 1. The van der Waals surface area contributed by atoms with Crippen LogP contribution in [0.3, 0.4) is 0 Å². The lowest BCUT2D eigenvalue weighted by molar-refractivity contribution is -0.137. The van der Waals surface area contributed by atoms with Gasteiger partial charge in [-0.05, 0) is 25.0 Å². The van der Waals surface area contributed by atoms with Crippen LogP contribution in [0.25, 0.3) is 11.2 Å². The summed E-state index contributed by atoms with van der Waals surface area (Å²) in [6, 6.07) is 1.20. The van der Waals surface area contributed by atoms with Gasteiger partial charge in [-0.25, -0.2) is 9.37 Å². The van der Waals surface area contributed by atoms with Gasteiger partial charge in [0.05, 0.1) is 22.5 Å². The molecule has 1 aromatic carbocycles. The van der Waals surface area contributed by atoms with Crippen molar-refractivity contribution in [3.05, 3.63) is 34.7 Å². The lowest BCUT2D eigenvalue weighted by Gasteiger charge is -2.22.